The van der Waals surface area contributed by atoms with Gasteiger partial charge in [-0.2, -0.15) is 4.72 Å². The summed E-state index contributed by atoms with van der Waals surface area (Å²) in [5, 5.41) is 0.341. The van der Waals surface area contributed by atoms with E-state index >= 15 is 0 Å². The van der Waals surface area contributed by atoms with Crippen molar-refractivity contribution in [2.24, 2.45) is 0 Å². The number of anilines is 1. The number of hydrogen-bond acceptors (Lipinski definition) is 3. The maximum Gasteiger partial charge on any atom is 0.245 e. The fourth-order valence-corrected chi connectivity index (χ4v) is 4.16. The number of sulfonamides is 1. The van der Waals surface area contributed by atoms with Gasteiger partial charge in [0, 0.05) is 17.3 Å². The summed E-state index contributed by atoms with van der Waals surface area (Å²) in [6.45, 7) is 2.12. The number of benzene rings is 2. The summed E-state index contributed by atoms with van der Waals surface area (Å²) in [4.78, 5) is 13.9. The third-order valence-corrected chi connectivity index (χ3v) is 5.97. The van der Waals surface area contributed by atoms with E-state index in [1.165, 1.54) is 41.3 Å². The van der Waals surface area contributed by atoms with Gasteiger partial charge < -0.3 is 4.90 Å². The van der Waals surface area contributed by atoms with Crippen LogP contribution in [0.25, 0.3) is 0 Å². The average molecular weight is 383 g/mol. The molecule has 1 heterocycles. The van der Waals surface area contributed by atoms with Gasteiger partial charge in [0.2, 0.25) is 15.9 Å². The third-order valence-electron chi connectivity index (χ3n) is 4.09. The highest BCUT2D eigenvalue weighted by atomic mass is 35.5. The number of amides is 1. The molecule has 1 fully saturated rings. The molecule has 1 N–H and O–H groups in total. The van der Waals surface area contributed by atoms with Crippen molar-refractivity contribution in [3.05, 3.63) is 58.9 Å². The number of rotatable bonds is 4. The Hall–Kier alpha value is -1.96. The molecule has 1 aliphatic heterocycles. The Kier molecular flexibility index (Phi) is 4.81. The van der Waals surface area contributed by atoms with Crippen molar-refractivity contribution in [3.63, 3.8) is 0 Å². The molecule has 2 aromatic rings. The minimum absolute atomic E-state index is 0.0103. The van der Waals surface area contributed by atoms with Crippen LogP contribution in [0.3, 0.4) is 0 Å². The lowest BCUT2D eigenvalue weighted by Gasteiger charge is -2.17. The first-order valence-corrected chi connectivity index (χ1v) is 9.49. The summed E-state index contributed by atoms with van der Waals surface area (Å²) in [7, 11) is -3.87. The van der Waals surface area contributed by atoms with Gasteiger partial charge in [-0.3, -0.25) is 4.79 Å². The molecular weight excluding hydrogens is 367 g/mol. The molecule has 0 saturated carbocycles. The molecule has 1 unspecified atom stereocenters. The van der Waals surface area contributed by atoms with Crippen molar-refractivity contribution < 1.29 is 17.6 Å². The van der Waals surface area contributed by atoms with E-state index in [1.807, 2.05) is 0 Å². The predicted octanol–water partition coefficient (Wildman–Crippen LogP) is 2.87. The van der Waals surface area contributed by atoms with Crippen LogP contribution in [0, 0.1) is 12.7 Å². The lowest BCUT2D eigenvalue weighted by Crippen LogP contribution is -2.41. The highest BCUT2D eigenvalue weighted by molar-refractivity contribution is 7.89. The minimum Gasteiger partial charge on any atom is -0.311 e. The van der Waals surface area contributed by atoms with Crippen molar-refractivity contribution >= 4 is 33.2 Å². The van der Waals surface area contributed by atoms with Crippen molar-refractivity contribution in [2.75, 3.05) is 11.4 Å². The Morgan fingerprint density at radius 2 is 1.88 bits per heavy atom. The van der Waals surface area contributed by atoms with Crippen LogP contribution in [-0.4, -0.2) is 26.9 Å². The van der Waals surface area contributed by atoms with Gasteiger partial charge in [-0.25, -0.2) is 12.8 Å². The summed E-state index contributed by atoms with van der Waals surface area (Å²) in [5.74, 6) is -0.766. The summed E-state index contributed by atoms with van der Waals surface area (Å²) >= 11 is 5.98. The molecule has 0 aliphatic carbocycles. The fraction of sp³-hybridized carbons (Fsp3) is 0.235. The number of carbonyl (C=O) groups excluding carboxylic acids is 1. The molecule has 1 saturated heterocycles. The second-order valence-electron chi connectivity index (χ2n) is 5.84. The first-order valence-electron chi connectivity index (χ1n) is 7.63. The number of nitrogens with one attached hydrogen (secondary N) is 1. The van der Waals surface area contributed by atoms with Crippen molar-refractivity contribution in [3.8, 4) is 0 Å². The topological polar surface area (TPSA) is 66.5 Å². The van der Waals surface area contributed by atoms with E-state index in [1.54, 1.807) is 13.0 Å². The smallest absolute Gasteiger partial charge is 0.245 e. The number of halogens is 2. The molecule has 1 atom stereocenters. The Morgan fingerprint density at radius 3 is 2.52 bits per heavy atom. The zero-order valence-electron chi connectivity index (χ0n) is 13.4. The van der Waals surface area contributed by atoms with E-state index in [0.717, 1.165) is 5.56 Å². The Bertz CT molecular complexity index is 916. The van der Waals surface area contributed by atoms with Gasteiger partial charge in [0.25, 0.3) is 0 Å². The lowest BCUT2D eigenvalue weighted by molar-refractivity contribution is -0.118. The van der Waals surface area contributed by atoms with E-state index < -0.39 is 21.9 Å². The Labute approximate surface area is 150 Å². The van der Waals surface area contributed by atoms with Gasteiger partial charge in [-0.05, 0) is 55.3 Å². The van der Waals surface area contributed by atoms with Crippen LogP contribution in [-0.2, 0) is 14.8 Å². The van der Waals surface area contributed by atoms with Crippen LogP contribution in [0.5, 0.6) is 0 Å². The molecule has 5 nitrogen and oxygen atoms in total. The van der Waals surface area contributed by atoms with Crippen molar-refractivity contribution in [1.29, 1.82) is 0 Å². The normalized spacial score (nSPS) is 18.0. The molecule has 8 heteroatoms. The molecule has 1 amide bonds. The van der Waals surface area contributed by atoms with Gasteiger partial charge in [-0.15, -0.1) is 0 Å². The second-order valence-corrected chi connectivity index (χ2v) is 7.96. The molecule has 1 aliphatic rings. The first kappa shape index (κ1) is 17.8. The average Bonchev–Trinajstić information content (AvgIpc) is 2.91. The zero-order valence-corrected chi connectivity index (χ0v) is 14.9. The zero-order chi connectivity index (χ0) is 18.2. The van der Waals surface area contributed by atoms with Gasteiger partial charge in [0.15, 0.2) is 0 Å². The maximum atomic E-state index is 13.0. The van der Waals surface area contributed by atoms with Crippen molar-refractivity contribution in [2.45, 2.75) is 24.3 Å². The van der Waals surface area contributed by atoms with E-state index in [0.29, 0.717) is 23.7 Å². The summed E-state index contributed by atoms with van der Waals surface area (Å²) in [6.07, 6.45) is 0.328. The predicted molar refractivity (Wildman–Crippen MR) is 93.7 cm³/mol. The van der Waals surface area contributed by atoms with Crippen LogP contribution < -0.4 is 9.62 Å². The summed E-state index contributed by atoms with van der Waals surface area (Å²) in [6, 6.07) is 9.04. The number of nitrogens with zero attached hydrogens (tertiary/aromatic N) is 1. The SMILES string of the molecule is Cc1ccc(S(=O)(=O)NC2CCN(c3ccc(F)cc3)C2=O)cc1Cl. The van der Waals surface area contributed by atoms with Gasteiger partial charge in [0.1, 0.15) is 11.9 Å². The standard InChI is InChI=1S/C17H16ClFN2O3S/c1-11-2-7-14(10-15(11)18)25(23,24)20-16-8-9-21(17(16)22)13-5-3-12(19)4-6-13/h2-7,10,16,20H,8-9H2,1H3. The molecule has 3 rings (SSSR count). The summed E-state index contributed by atoms with van der Waals surface area (Å²) < 4.78 is 40.4. The van der Waals surface area contributed by atoms with Crippen LogP contribution in [0.2, 0.25) is 5.02 Å². The fourth-order valence-electron chi connectivity index (χ4n) is 2.66. The molecule has 132 valence electrons. The Morgan fingerprint density at radius 1 is 1.20 bits per heavy atom. The van der Waals surface area contributed by atoms with Crippen LogP contribution in [0.15, 0.2) is 47.4 Å². The highest BCUT2D eigenvalue weighted by Gasteiger charge is 2.35. The molecule has 0 bridgehead atoms. The van der Waals surface area contributed by atoms with Crippen molar-refractivity contribution in [1.82, 2.24) is 4.72 Å². The highest BCUT2D eigenvalue weighted by Crippen LogP contribution is 2.24. The summed E-state index contributed by atoms with van der Waals surface area (Å²) in [5.41, 5.74) is 1.30. The first-order chi connectivity index (χ1) is 11.8. The monoisotopic (exact) mass is 382 g/mol. The molecule has 25 heavy (non-hydrogen) atoms. The number of carbonyl (C=O) groups is 1. The van der Waals surface area contributed by atoms with E-state index in [-0.39, 0.29) is 10.8 Å². The lowest BCUT2D eigenvalue weighted by atomic mass is 10.2. The maximum absolute atomic E-state index is 13.0. The number of hydrogen-bond donors (Lipinski definition) is 1. The minimum atomic E-state index is -3.87. The van der Waals surface area contributed by atoms with Crippen LogP contribution in [0.1, 0.15) is 12.0 Å². The third kappa shape index (κ3) is 3.68. The molecule has 0 aromatic heterocycles. The molecule has 0 radical (unpaired) electrons. The van der Waals surface area contributed by atoms with E-state index in [9.17, 15) is 17.6 Å². The van der Waals surface area contributed by atoms with Gasteiger partial charge in [-0.1, -0.05) is 17.7 Å². The van der Waals surface area contributed by atoms with E-state index in [4.69, 9.17) is 11.6 Å². The quantitative estimate of drug-likeness (QED) is 0.884. The molecular formula is C17H16ClFN2O3S. The Balaban J connectivity index is 1.78. The second kappa shape index (κ2) is 6.74. The number of aryl methyl sites for hydroxylation is 1. The molecule has 0 spiro atoms. The van der Waals surface area contributed by atoms with E-state index in [2.05, 4.69) is 4.72 Å². The largest absolute Gasteiger partial charge is 0.311 e. The van der Waals surface area contributed by atoms with Gasteiger partial charge in [0.05, 0.1) is 4.90 Å². The molecule has 2 aromatic carbocycles. The van der Waals surface area contributed by atoms with Crippen LogP contribution in [0.4, 0.5) is 10.1 Å². The van der Waals surface area contributed by atoms with Crippen LogP contribution >= 0.6 is 11.6 Å². The van der Waals surface area contributed by atoms with Gasteiger partial charge >= 0.3 is 0 Å².